The van der Waals surface area contributed by atoms with Gasteiger partial charge in [-0.15, -0.1) is 0 Å². The number of hydrogen-bond donors (Lipinski definition) is 0. The van der Waals surface area contributed by atoms with Crippen molar-refractivity contribution in [1.82, 2.24) is 0 Å². The first-order valence-electron chi connectivity index (χ1n) is 7.94. The minimum absolute atomic E-state index is 0.101. The van der Waals surface area contributed by atoms with Crippen LogP contribution in [0.1, 0.15) is 46.0 Å². The summed E-state index contributed by atoms with van der Waals surface area (Å²) in [5.41, 5.74) is 0. The minimum Gasteiger partial charge on any atom is -0.469 e. The zero-order chi connectivity index (χ0) is 15.4. The Balaban J connectivity index is 2.05. The second kappa shape index (κ2) is 7.25. The molecule has 0 amide bonds. The summed E-state index contributed by atoms with van der Waals surface area (Å²) in [5, 5.41) is 0. The van der Waals surface area contributed by atoms with Gasteiger partial charge < -0.3 is 14.2 Å². The average Bonchev–Trinajstić information content (AvgIpc) is 3.28. The molecule has 5 nitrogen and oxygen atoms in total. The van der Waals surface area contributed by atoms with Crippen molar-refractivity contribution < 1.29 is 23.8 Å². The van der Waals surface area contributed by atoms with E-state index in [9.17, 15) is 9.59 Å². The molecule has 0 aromatic rings. The summed E-state index contributed by atoms with van der Waals surface area (Å²) in [7, 11) is 1.35. The Morgan fingerprint density at radius 3 is 2.57 bits per heavy atom. The van der Waals surface area contributed by atoms with E-state index in [1.54, 1.807) is 6.92 Å². The molecule has 1 saturated carbocycles. The maximum absolute atomic E-state index is 12.2. The van der Waals surface area contributed by atoms with Crippen molar-refractivity contribution in [3.8, 4) is 0 Å². The normalized spacial score (nSPS) is 30.5. The van der Waals surface area contributed by atoms with Crippen LogP contribution in [0.4, 0.5) is 0 Å². The summed E-state index contributed by atoms with van der Waals surface area (Å²) in [6, 6.07) is 0. The van der Waals surface area contributed by atoms with E-state index < -0.39 is 5.92 Å². The highest BCUT2D eigenvalue weighted by atomic mass is 16.5. The van der Waals surface area contributed by atoms with Crippen LogP contribution in [0.5, 0.6) is 0 Å². The van der Waals surface area contributed by atoms with Gasteiger partial charge in [-0.2, -0.15) is 0 Å². The molecule has 2 aliphatic rings. The molecule has 0 N–H and O–H groups in total. The Labute approximate surface area is 126 Å². The van der Waals surface area contributed by atoms with Gasteiger partial charge in [0.05, 0.1) is 38.3 Å². The molecule has 4 atom stereocenters. The van der Waals surface area contributed by atoms with Gasteiger partial charge in [0.1, 0.15) is 0 Å². The summed E-state index contributed by atoms with van der Waals surface area (Å²) in [6.45, 7) is 4.16. The molecular weight excluding hydrogens is 272 g/mol. The summed E-state index contributed by atoms with van der Waals surface area (Å²) in [5.74, 6) is -0.273. The predicted molar refractivity (Wildman–Crippen MR) is 76.5 cm³/mol. The zero-order valence-electron chi connectivity index (χ0n) is 13.2. The standard InChI is InChI=1S/C16H26O5/c1-4-20-16(18)13(9-15(17)19-3)12-7-10(2)21-14(8-12)11-5-6-11/h10-14H,4-9H2,1-3H3/t10-,12+,13+,14+/m1/s1. The first kappa shape index (κ1) is 16.3. The topological polar surface area (TPSA) is 61.8 Å². The second-order valence-corrected chi connectivity index (χ2v) is 6.19. The van der Waals surface area contributed by atoms with Crippen LogP contribution in [-0.4, -0.2) is 37.9 Å². The maximum Gasteiger partial charge on any atom is 0.309 e. The van der Waals surface area contributed by atoms with E-state index in [0.717, 1.165) is 12.8 Å². The molecule has 1 aliphatic carbocycles. The quantitative estimate of drug-likeness (QED) is 0.704. The van der Waals surface area contributed by atoms with Crippen LogP contribution in [0.15, 0.2) is 0 Å². The SMILES string of the molecule is CCOC(=O)[C@@H](CC(=O)OC)[C@H]1C[C@@H](C)O[C@H](C2CC2)C1. The first-order valence-corrected chi connectivity index (χ1v) is 7.94. The molecule has 0 radical (unpaired) electrons. The molecule has 0 unspecified atom stereocenters. The van der Waals surface area contributed by atoms with Crippen molar-refractivity contribution in [2.24, 2.45) is 17.8 Å². The molecule has 2 rings (SSSR count). The van der Waals surface area contributed by atoms with Crippen molar-refractivity contribution in [3.63, 3.8) is 0 Å². The highest BCUT2D eigenvalue weighted by molar-refractivity contribution is 5.80. The van der Waals surface area contributed by atoms with Gasteiger partial charge in [-0.3, -0.25) is 9.59 Å². The molecule has 0 bridgehead atoms. The fraction of sp³-hybridized carbons (Fsp3) is 0.875. The van der Waals surface area contributed by atoms with E-state index in [0.29, 0.717) is 12.5 Å². The lowest BCUT2D eigenvalue weighted by atomic mass is 9.79. The Morgan fingerprint density at radius 1 is 1.29 bits per heavy atom. The minimum atomic E-state index is -0.412. The van der Waals surface area contributed by atoms with E-state index in [2.05, 4.69) is 0 Å². The molecule has 0 aromatic heterocycles. The average molecular weight is 298 g/mol. The van der Waals surface area contributed by atoms with Crippen LogP contribution in [0.3, 0.4) is 0 Å². The van der Waals surface area contributed by atoms with E-state index in [-0.39, 0.29) is 36.5 Å². The smallest absolute Gasteiger partial charge is 0.309 e. The summed E-state index contributed by atoms with van der Waals surface area (Å²) in [4.78, 5) is 23.8. The first-order chi connectivity index (χ1) is 10.0. The third-order valence-corrected chi connectivity index (χ3v) is 4.50. The number of esters is 2. The van der Waals surface area contributed by atoms with Gasteiger partial charge in [-0.25, -0.2) is 0 Å². The number of carbonyl (C=O) groups is 2. The molecular formula is C16H26O5. The van der Waals surface area contributed by atoms with E-state index in [1.807, 2.05) is 6.92 Å². The number of ether oxygens (including phenoxy) is 3. The molecule has 2 fully saturated rings. The van der Waals surface area contributed by atoms with Gasteiger partial charge in [-0.05, 0) is 51.4 Å². The van der Waals surface area contributed by atoms with Crippen LogP contribution in [-0.2, 0) is 23.8 Å². The van der Waals surface area contributed by atoms with E-state index in [1.165, 1.54) is 20.0 Å². The van der Waals surface area contributed by atoms with Crippen LogP contribution in [0.25, 0.3) is 0 Å². The molecule has 1 aliphatic heterocycles. The van der Waals surface area contributed by atoms with Crippen LogP contribution < -0.4 is 0 Å². The van der Waals surface area contributed by atoms with Crippen LogP contribution in [0, 0.1) is 17.8 Å². The zero-order valence-corrected chi connectivity index (χ0v) is 13.2. The molecule has 1 saturated heterocycles. The van der Waals surface area contributed by atoms with Gasteiger partial charge in [0.25, 0.3) is 0 Å². The summed E-state index contributed by atoms with van der Waals surface area (Å²) in [6.07, 6.45) is 4.52. The van der Waals surface area contributed by atoms with Crippen molar-refractivity contribution in [2.75, 3.05) is 13.7 Å². The number of rotatable bonds is 6. The number of hydrogen-bond acceptors (Lipinski definition) is 5. The molecule has 0 spiro atoms. The third kappa shape index (κ3) is 4.43. The predicted octanol–water partition coefficient (Wildman–Crippen LogP) is 2.32. The number of carbonyl (C=O) groups excluding carboxylic acids is 2. The lowest BCUT2D eigenvalue weighted by Crippen LogP contribution is -2.39. The molecule has 0 aromatic carbocycles. The van der Waals surface area contributed by atoms with Crippen molar-refractivity contribution in [2.45, 2.75) is 58.2 Å². The Bertz CT molecular complexity index is 377. The fourth-order valence-corrected chi connectivity index (χ4v) is 3.29. The fourth-order valence-electron chi connectivity index (χ4n) is 3.29. The Kier molecular flexibility index (Phi) is 5.62. The van der Waals surface area contributed by atoms with E-state index in [4.69, 9.17) is 14.2 Å². The van der Waals surface area contributed by atoms with Gasteiger partial charge in [0, 0.05) is 0 Å². The lowest BCUT2D eigenvalue weighted by Gasteiger charge is -2.37. The highest BCUT2D eigenvalue weighted by Crippen LogP contribution is 2.43. The van der Waals surface area contributed by atoms with Crippen LogP contribution in [0.2, 0.25) is 0 Å². The maximum atomic E-state index is 12.2. The van der Waals surface area contributed by atoms with Gasteiger partial charge >= 0.3 is 11.9 Å². The van der Waals surface area contributed by atoms with Gasteiger partial charge in [0.15, 0.2) is 0 Å². The molecule has 120 valence electrons. The Morgan fingerprint density at radius 2 is 2.00 bits per heavy atom. The van der Waals surface area contributed by atoms with Crippen molar-refractivity contribution in [3.05, 3.63) is 0 Å². The Hall–Kier alpha value is -1.10. The van der Waals surface area contributed by atoms with Crippen LogP contribution >= 0.6 is 0 Å². The van der Waals surface area contributed by atoms with Crippen molar-refractivity contribution >= 4 is 11.9 Å². The largest absolute Gasteiger partial charge is 0.469 e. The highest BCUT2D eigenvalue weighted by Gasteiger charge is 2.42. The van der Waals surface area contributed by atoms with Crippen molar-refractivity contribution in [1.29, 1.82) is 0 Å². The number of methoxy groups -OCH3 is 1. The monoisotopic (exact) mass is 298 g/mol. The molecule has 1 heterocycles. The lowest BCUT2D eigenvalue weighted by molar-refractivity contribution is -0.160. The second-order valence-electron chi connectivity index (χ2n) is 6.19. The van der Waals surface area contributed by atoms with E-state index >= 15 is 0 Å². The van der Waals surface area contributed by atoms with Gasteiger partial charge in [-0.1, -0.05) is 0 Å². The summed E-state index contributed by atoms with van der Waals surface area (Å²) >= 11 is 0. The van der Waals surface area contributed by atoms with Gasteiger partial charge in [0.2, 0.25) is 0 Å². The molecule has 5 heteroatoms. The summed E-state index contributed by atoms with van der Waals surface area (Å²) < 4.78 is 15.9. The third-order valence-electron chi connectivity index (χ3n) is 4.50. The molecule has 21 heavy (non-hydrogen) atoms.